The fourth-order valence-electron chi connectivity index (χ4n) is 1.12. The molecule has 12 heavy (non-hydrogen) atoms. The molecule has 0 spiro atoms. The van der Waals surface area contributed by atoms with E-state index in [9.17, 15) is 0 Å². The number of rotatable bonds is 3. The third-order valence-corrected chi connectivity index (χ3v) is 1.76. The van der Waals surface area contributed by atoms with Gasteiger partial charge in [-0.05, 0) is 12.0 Å². The molecule has 1 rings (SSSR count). The van der Waals surface area contributed by atoms with E-state index in [1.165, 1.54) is 0 Å². The van der Waals surface area contributed by atoms with E-state index < -0.39 is 0 Å². The maximum Gasteiger partial charge on any atom is 0.0747 e. The molecule has 0 fully saturated rings. The molecule has 1 aromatic carbocycles. The Labute approximate surface area is 73.0 Å². The average molecular weight is 157 g/mol. The highest BCUT2D eigenvalue weighted by Crippen LogP contribution is 2.17. The van der Waals surface area contributed by atoms with Gasteiger partial charge in [-0.1, -0.05) is 36.4 Å². The van der Waals surface area contributed by atoms with Crippen LogP contribution in [-0.4, -0.2) is 0 Å². The van der Waals surface area contributed by atoms with E-state index in [1.807, 2.05) is 30.3 Å². The minimum atomic E-state index is -0.0382. The van der Waals surface area contributed by atoms with Crippen LogP contribution in [-0.2, 0) is 0 Å². The summed E-state index contributed by atoms with van der Waals surface area (Å²) < 4.78 is 0. The van der Waals surface area contributed by atoms with Crippen molar-refractivity contribution in [1.82, 2.24) is 0 Å². The summed E-state index contributed by atoms with van der Waals surface area (Å²) in [5.74, 6) is -0.0382. The summed E-state index contributed by atoms with van der Waals surface area (Å²) in [6.07, 6.45) is 2.50. The van der Waals surface area contributed by atoms with Crippen LogP contribution in [0.5, 0.6) is 0 Å². The number of benzene rings is 1. The number of hydrogen-bond donors (Lipinski definition) is 0. The van der Waals surface area contributed by atoms with Gasteiger partial charge < -0.3 is 0 Å². The van der Waals surface area contributed by atoms with Crippen molar-refractivity contribution in [2.24, 2.45) is 0 Å². The molecule has 1 heteroatoms. The average Bonchev–Trinajstić information content (AvgIpc) is 2.15. The van der Waals surface area contributed by atoms with E-state index in [1.54, 1.807) is 6.08 Å². The van der Waals surface area contributed by atoms with E-state index in [0.29, 0.717) is 0 Å². The Morgan fingerprint density at radius 2 is 2.08 bits per heavy atom. The van der Waals surface area contributed by atoms with Crippen LogP contribution in [0, 0.1) is 11.3 Å². The number of hydrogen-bond acceptors (Lipinski definition) is 1. The summed E-state index contributed by atoms with van der Waals surface area (Å²) >= 11 is 0. The van der Waals surface area contributed by atoms with Gasteiger partial charge in [0.15, 0.2) is 0 Å². The topological polar surface area (TPSA) is 23.8 Å². The van der Waals surface area contributed by atoms with Gasteiger partial charge in [0.2, 0.25) is 0 Å². The molecule has 60 valence electrons. The molecule has 0 aliphatic carbocycles. The molecular formula is C11H11N. The second-order valence-corrected chi connectivity index (χ2v) is 2.62. The molecule has 0 radical (unpaired) electrons. The molecule has 0 saturated heterocycles. The minimum Gasteiger partial charge on any atom is -0.198 e. The Morgan fingerprint density at radius 1 is 1.42 bits per heavy atom. The van der Waals surface area contributed by atoms with E-state index >= 15 is 0 Å². The van der Waals surface area contributed by atoms with Crippen molar-refractivity contribution in [1.29, 1.82) is 5.26 Å². The summed E-state index contributed by atoms with van der Waals surface area (Å²) in [4.78, 5) is 0. The SMILES string of the molecule is C=CC[C@@H](C#N)c1ccccc1. The highest BCUT2D eigenvalue weighted by Gasteiger charge is 2.06. The molecule has 1 nitrogen and oxygen atoms in total. The van der Waals surface area contributed by atoms with Crippen molar-refractivity contribution >= 4 is 0 Å². The summed E-state index contributed by atoms with van der Waals surface area (Å²) in [7, 11) is 0. The Balaban J connectivity index is 2.82. The maximum absolute atomic E-state index is 8.81. The van der Waals surface area contributed by atoms with Crippen LogP contribution in [0.25, 0.3) is 0 Å². The van der Waals surface area contributed by atoms with Crippen molar-refractivity contribution in [3.63, 3.8) is 0 Å². The molecule has 0 aliphatic heterocycles. The Bertz CT molecular complexity index is 282. The molecule has 0 heterocycles. The Morgan fingerprint density at radius 3 is 2.58 bits per heavy atom. The minimum absolute atomic E-state index is 0.0382. The van der Waals surface area contributed by atoms with Crippen LogP contribution in [0.2, 0.25) is 0 Å². The third-order valence-electron chi connectivity index (χ3n) is 1.76. The summed E-state index contributed by atoms with van der Waals surface area (Å²) in [5, 5.41) is 8.81. The monoisotopic (exact) mass is 157 g/mol. The molecule has 0 saturated carbocycles. The number of allylic oxidation sites excluding steroid dienone is 1. The summed E-state index contributed by atoms with van der Waals surface area (Å²) in [5.41, 5.74) is 1.07. The second-order valence-electron chi connectivity index (χ2n) is 2.62. The first-order valence-electron chi connectivity index (χ1n) is 3.94. The van der Waals surface area contributed by atoms with Crippen molar-refractivity contribution in [3.8, 4) is 6.07 Å². The molecule has 1 aromatic rings. The van der Waals surface area contributed by atoms with Crippen LogP contribution in [0.1, 0.15) is 17.9 Å². The lowest BCUT2D eigenvalue weighted by Gasteiger charge is -2.04. The molecule has 0 amide bonds. The first-order chi connectivity index (χ1) is 5.88. The molecule has 0 N–H and O–H groups in total. The molecule has 0 bridgehead atoms. The van der Waals surface area contributed by atoms with E-state index in [0.717, 1.165) is 12.0 Å². The zero-order valence-corrected chi connectivity index (χ0v) is 6.90. The lowest BCUT2D eigenvalue weighted by atomic mass is 9.98. The zero-order chi connectivity index (χ0) is 8.81. The fraction of sp³-hybridized carbons (Fsp3) is 0.182. The predicted octanol–water partition coefficient (Wildman–Crippen LogP) is 2.87. The van der Waals surface area contributed by atoms with Crippen molar-refractivity contribution < 1.29 is 0 Å². The maximum atomic E-state index is 8.81. The largest absolute Gasteiger partial charge is 0.198 e. The summed E-state index contributed by atoms with van der Waals surface area (Å²) in [6, 6.07) is 12.0. The van der Waals surface area contributed by atoms with E-state index in [4.69, 9.17) is 5.26 Å². The van der Waals surface area contributed by atoms with Gasteiger partial charge in [-0.3, -0.25) is 0 Å². The van der Waals surface area contributed by atoms with Gasteiger partial charge in [0.05, 0.1) is 12.0 Å². The van der Waals surface area contributed by atoms with Gasteiger partial charge in [-0.25, -0.2) is 0 Å². The first kappa shape index (κ1) is 8.55. The molecular weight excluding hydrogens is 146 g/mol. The normalized spacial score (nSPS) is 11.6. The molecule has 0 aromatic heterocycles. The van der Waals surface area contributed by atoms with E-state index in [-0.39, 0.29) is 5.92 Å². The molecule has 0 unspecified atom stereocenters. The van der Waals surface area contributed by atoms with Crippen LogP contribution in [0.3, 0.4) is 0 Å². The smallest absolute Gasteiger partial charge is 0.0747 e. The zero-order valence-electron chi connectivity index (χ0n) is 6.90. The Kier molecular flexibility index (Phi) is 3.10. The Hall–Kier alpha value is -1.55. The number of nitriles is 1. The predicted molar refractivity (Wildman–Crippen MR) is 49.6 cm³/mol. The summed E-state index contributed by atoms with van der Waals surface area (Å²) in [6.45, 7) is 3.62. The highest BCUT2D eigenvalue weighted by atomic mass is 14.3. The first-order valence-corrected chi connectivity index (χ1v) is 3.94. The van der Waals surface area contributed by atoms with Gasteiger partial charge >= 0.3 is 0 Å². The van der Waals surface area contributed by atoms with Crippen LogP contribution >= 0.6 is 0 Å². The molecule has 1 atom stereocenters. The van der Waals surface area contributed by atoms with Crippen LogP contribution < -0.4 is 0 Å². The van der Waals surface area contributed by atoms with E-state index in [2.05, 4.69) is 12.6 Å². The standard InChI is InChI=1S/C11H11N/c1-2-6-11(9-12)10-7-4-3-5-8-10/h2-5,7-8,11H,1,6H2/t11-/m0/s1. The molecule has 0 aliphatic rings. The third kappa shape index (κ3) is 1.96. The van der Waals surface area contributed by atoms with Gasteiger partial charge in [0, 0.05) is 0 Å². The lowest BCUT2D eigenvalue weighted by molar-refractivity contribution is 0.879. The van der Waals surface area contributed by atoms with Crippen LogP contribution in [0.15, 0.2) is 43.0 Å². The second kappa shape index (κ2) is 4.35. The quantitative estimate of drug-likeness (QED) is 0.619. The van der Waals surface area contributed by atoms with Crippen molar-refractivity contribution in [2.45, 2.75) is 12.3 Å². The van der Waals surface area contributed by atoms with Gasteiger partial charge in [0.1, 0.15) is 0 Å². The van der Waals surface area contributed by atoms with Gasteiger partial charge in [-0.15, -0.1) is 6.58 Å². The van der Waals surface area contributed by atoms with Crippen LogP contribution in [0.4, 0.5) is 0 Å². The van der Waals surface area contributed by atoms with Gasteiger partial charge in [-0.2, -0.15) is 5.26 Å². The highest BCUT2D eigenvalue weighted by molar-refractivity contribution is 5.25. The van der Waals surface area contributed by atoms with Gasteiger partial charge in [0.25, 0.3) is 0 Å². The number of nitrogens with zero attached hydrogens (tertiary/aromatic N) is 1. The van der Waals surface area contributed by atoms with Crippen molar-refractivity contribution in [3.05, 3.63) is 48.6 Å². The fourth-order valence-corrected chi connectivity index (χ4v) is 1.12. The lowest BCUT2D eigenvalue weighted by Crippen LogP contribution is -1.92. The van der Waals surface area contributed by atoms with Crippen molar-refractivity contribution in [2.75, 3.05) is 0 Å².